The van der Waals surface area contributed by atoms with Gasteiger partial charge in [0, 0.05) is 53.9 Å². The van der Waals surface area contributed by atoms with Gasteiger partial charge in [-0.3, -0.25) is 15.1 Å². The van der Waals surface area contributed by atoms with Gasteiger partial charge in [0.2, 0.25) is 0 Å². The van der Waals surface area contributed by atoms with Crippen LogP contribution in [0.25, 0.3) is 44.7 Å². The summed E-state index contributed by atoms with van der Waals surface area (Å²) in [5.74, 6) is 3.92. The quantitative estimate of drug-likeness (QED) is 0.0935. The first-order valence-corrected chi connectivity index (χ1v) is 19.7. The average Bonchev–Trinajstić information content (AvgIpc) is 4.01. The van der Waals surface area contributed by atoms with Gasteiger partial charge >= 0.3 is 0 Å². The molecule has 6 heterocycles. The highest BCUT2D eigenvalue weighted by Gasteiger charge is 2.35. The van der Waals surface area contributed by atoms with E-state index in [1.807, 2.05) is 12.4 Å². The van der Waals surface area contributed by atoms with E-state index in [1.165, 1.54) is 17.5 Å². The first-order chi connectivity index (χ1) is 25.7. The number of fused-ring (bicyclic) bond motifs is 5. The van der Waals surface area contributed by atoms with E-state index in [9.17, 15) is 0 Å². The molecule has 5 N–H and O–H groups in total. The molecule has 0 radical (unpaired) electrons. The topological polar surface area (TPSA) is 125 Å². The number of methoxy groups -OCH3 is 1. The van der Waals surface area contributed by atoms with E-state index in [1.54, 1.807) is 7.11 Å². The molecule has 5 unspecified atom stereocenters. The van der Waals surface area contributed by atoms with Crippen LogP contribution in [0.5, 0.6) is 5.75 Å². The van der Waals surface area contributed by atoms with Crippen LogP contribution in [0.15, 0.2) is 54.9 Å². The first kappa shape index (κ1) is 36.0. The third kappa shape index (κ3) is 6.94. The summed E-state index contributed by atoms with van der Waals surface area (Å²) in [4.78, 5) is 22.3. The largest absolute Gasteiger partial charge is 0.472 e. The maximum absolute atomic E-state index is 6.59. The molecule has 0 bridgehead atoms. The number of aromatic amines is 2. The van der Waals surface area contributed by atoms with E-state index in [-0.39, 0.29) is 12.1 Å². The molecule has 0 saturated carbocycles. The van der Waals surface area contributed by atoms with Gasteiger partial charge in [-0.25, -0.2) is 9.97 Å². The van der Waals surface area contributed by atoms with E-state index < -0.39 is 0 Å². The van der Waals surface area contributed by atoms with Crippen LogP contribution in [0.2, 0.25) is 0 Å². The number of rotatable bonds is 13. The van der Waals surface area contributed by atoms with E-state index in [2.05, 4.69) is 107 Å². The van der Waals surface area contributed by atoms with Crippen LogP contribution >= 0.6 is 0 Å². The van der Waals surface area contributed by atoms with E-state index in [0.29, 0.717) is 43.4 Å². The van der Waals surface area contributed by atoms with Gasteiger partial charge in [0.25, 0.3) is 0 Å². The molecule has 2 saturated heterocycles. The van der Waals surface area contributed by atoms with Crippen LogP contribution < -0.4 is 15.8 Å². The van der Waals surface area contributed by atoms with Crippen molar-refractivity contribution in [2.45, 2.75) is 97.2 Å². The third-order valence-electron chi connectivity index (χ3n) is 12.2. The molecule has 53 heavy (non-hydrogen) atoms. The van der Waals surface area contributed by atoms with Crippen molar-refractivity contribution in [1.29, 1.82) is 0 Å². The highest BCUT2D eigenvalue weighted by molar-refractivity contribution is 5.92. The fourth-order valence-corrected chi connectivity index (χ4v) is 8.92. The Hall–Kier alpha value is -4.00. The monoisotopic (exact) mass is 719 g/mol. The Labute approximate surface area is 313 Å². The molecule has 8 rings (SSSR count). The second-order valence-electron chi connectivity index (χ2n) is 16.2. The number of likely N-dealkylation sites (tertiary alicyclic amines) is 2. The fraction of sp³-hybridized carbons (Fsp3) is 0.524. The van der Waals surface area contributed by atoms with Crippen molar-refractivity contribution in [3.63, 3.8) is 0 Å². The summed E-state index contributed by atoms with van der Waals surface area (Å²) in [5, 5.41) is 4.75. The Morgan fingerprint density at radius 1 is 0.887 bits per heavy atom. The first-order valence-electron chi connectivity index (χ1n) is 19.7. The van der Waals surface area contributed by atoms with Gasteiger partial charge in [0.15, 0.2) is 6.73 Å². The van der Waals surface area contributed by atoms with Gasteiger partial charge in [0.1, 0.15) is 17.4 Å². The molecular formula is C42H57N9O2. The van der Waals surface area contributed by atoms with Crippen molar-refractivity contribution in [2.75, 3.05) is 33.5 Å². The summed E-state index contributed by atoms with van der Waals surface area (Å²) >= 11 is 0. The molecule has 3 aliphatic heterocycles. The van der Waals surface area contributed by atoms with Gasteiger partial charge in [-0.2, -0.15) is 0 Å². The lowest BCUT2D eigenvalue weighted by molar-refractivity contribution is 0.130. The second-order valence-corrected chi connectivity index (χ2v) is 16.2. The van der Waals surface area contributed by atoms with Gasteiger partial charge in [-0.1, -0.05) is 39.8 Å². The molecule has 11 nitrogen and oxygen atoms in total. The normalized spacial score (nSPS) is 21.0. The zero-order valence-electron chi connectivity index (χ0n) is 32.2. The van der Waals surface area contributed by atoms with Crippen molar-refractivity contribution in [2.24, 2.45) is 17.6 Å². The van der Waals surface area contributed by atoms with Gasteiger partial charge < -0.3 is 29.7 Å². The smallest absolute Gasteiger partial charge is 0.165 e. The summed E-state index contributed by atoms with van der Waals surface area (Å²) in [6.07, 6.45) is 8.51. The molecule has 2 fully saturated rings. The van der Waals surface area contributed by atoms with Crippen LogP contribution in [0, 0.1) is 11.8 Å². The number of nitrogens with one attached hydrogen (secondary N) is 3. The third-order valence-corrected chi connectivity index (χ3v) is 12.2. The minimum atomic E-state index is 0.133. The molecule has 0 amide bonds. The van der Waals surface area contributed by atoms with E-state index >= 15 is 0 Å². The predicted octanol–water partition coefficient (Wildman–Crippen LogP) is 7.30. The van der Waals surface area contributed by atoms with Crippen molar-refractivity contribution < 1.29 is 9.47 Å². The summed E-state index contributed by atoms with van der Waals surface area (Å²) in [5.41, 5.74) is 14.3. The standard InChI is InChI=1S/C42H57N9O2/c1-25(2)34(46-23-52-6)22-49-15-7-9-36(49)41-44-20-32(47-41)28-12-14-35-30(17-28)18-38-31-13-11-29(19-39(31)53-24-51(35)38)33-21-45-42(48-33)37-10-8-16-50(37)27(5)40(43)26(3)4/h11-14,17-21,25-27,34,36-37,40,46H,7-10,15-16,22-24,43H2,1-6H3,(H,44,47)(H,45,48). The minimum absolute atomic E-state index is 0.133. The number of H-pyrrole nitrogens is 2. The SMILES string of the molecule is COCNC(CN1CCCC1c1ncc(-c2ccc3c(c2)cc2n3COc3cc(-c4cnc(C5CCCN5C(C)C(N)C(C)C)[nH]4)ccc3-2)[nH]1)C(C)C. The highest BCUT2D eigenvalue weighted by atomic mass is 16.5. The molecule has 11 heteroatoms. The molecule has 3 aliphatic rings. The zero-order chi connectivity index (χ0) is 36.8. The number of nitrogens with zero attached hydrogens (tertiary/aromatic N) is 5. The maximum atomic E-state index is 6.59. The number of imidazole rings is 2. The van der Waals surface area contributed by atoms with Crippen LogP contribution in [0.4, 0.5) is 0 Å². The Bertz CT molecular complexity index is 2030. The number of aromatic nitrogens is 5. The molecule has 0 spiro atoms. The molecule has 0 aliphatic carbocycles. The molecule has 2 aromatic carbocycles. The number of benzene rings is 2. The van der Waals surface area contributed by atoms with E-state index in [4.69, 9.17) is 25.2 Å². The Morgan fingerprint density at radius 3 is 2.32 bits per heavy atom. The Balaban J connectivity index is 0.997. The molecule has 282 valence electrons. The molecular weight excluding hydrogens is 663 g/mol. The average molecular weight is 720 g/mol. The lowest BCUT2D eigenvalue weighted by atomic mass is 9.97. The number of hydrogen-bond acceptors (Lipinski definition) is 8. The number of ether oxygens (including phenoxy) is 2. The molecule has 3 aromatic heterocycles. The van der Waals surface area contributed by atoms with E-state index in [0.717, 1.165) is 89.9 Å². The Morgan fingerprint density at radius 2 is 1.58 bits per heavy atom. The van der Waals surface area contributed by atoms with Gasteiger partial charge in [0.05, 0.1) is 53.8 Å². The lowest BCUT2D eigenvalue weighted by Gasteiger charge is -2.35. The summed E-state index contributed by atoms with van der Waals surface area (Å²) in [7, 11) is 1.74. The van der Waals surface area contributed by atoms with Crippen molar-refractivity contribution in [3.05, 3.63) is 66.5 Å². The van der Waals surface area contributed by atoms with Gasteiger partial charge in [-0.15, -0.1) is 0 Å². The Kier molecular flexibility index (Phi) is 10.2. The van der Waals surface area contributed by atoms with Crippen LogP contribution in [-0.2, 0) is 11.5 Å². The van der Waals surface area contributed by atoms with Gasteiger partial charge in [-0.05, 0) is 87.9 Å². The van der Waals surface area contributed by atoms with Crippen molar-refractivity contribution in [3.8, 4) is 39.5 Å². The molecule has 5 atom stereocenters. The maximum Gasteiger partial charge on any atom is 0.165 e. The zero-order valence-corrected chi connectivity index (χ0v) is 32.2. The second kappa shape index (κ2) is 15.0. The summed E-state index contributed by atoms with van der Waals surface area (Å²) in [6.45, 7) is 15.4. The molecule has 5 aromatic rings. The van der Waals surface area contributed by atoms with Crippen LogP contribution in [0.1, 0.15) is 84.0 Å². The van der Waals surface area contributed by atoms with Crippen LogP contribution in [0.3, 0.4) is 0 Å². The fourth-order valence-electron chi connectivity index (χ4n) is 8.92. The summed E-state index contributed by atoms with van der Waals surface area (Å²) < 4.78 is 14.0. The minimum Gasteiger partial charge on any atom is -0.472 e. The van der Waals surface area contributed by atoms with Crippen LogP contribution in [-0.4, -0.2) is 85.9 Å². The highest BCUT2D eigenvalue weighted by Crippen LogP contribution is 2.42. The number of hydrogen-bond donors (Lipinski definition) is 4. The number of nitrogens with two attached hydrogens (primary N) is 1. The van der Waals surface area contributed by atoms with Crippen molar-refractivity contribution in [1.82, 2.24) is 39.6 Å². The summed E-state index contributed by atoms with van der Waals surface area (Å²) in [6, 6.07) is 16.8. The van der Waals surface area contributed by atoms with Crippen molar-refractivity contribution >= 4 is 10.9 Å². The predicted molar refractivity (Wildman–Crippen MR) is 211 cm³/mol. The lowest BCUT2D eigenvalue weighted by Crippen LogP contribution is -2.48.